The van der Waals surface area contributed by atoms with Gasteiger partial charge in [0, 0.05) is 17.7 Å². The van der Waals surface area contributed by atoms with Crippen molar-refractivity contribution in [2.75, 3.05) is 33.8 Å². The number of amides is 1. The van der Waals surface area contributed by atoms with Crippen molar-refractivity contribution in [2.24, 2.45) is 0 Å². The Morgan fingerprint density at radius 1 is 0.966 bits per heavy atom. The van der Waals surface area contributed by atoms with Crippen LogP contribution in [0.25, 0.3) is 0 Å². The van der Waals surface area contributed by atoms with Crippen LogP contribution in [0.2, 0.25) is 5.02 Å². The maximum Gasteiger partial charge on any atom is 0.243 e. The molecular formula is C20H24ClN3O5. The Morgan fingerprint density at radius 2 is 1.69 bits per heavy atom. The zero-order valence-electron chi connectivity index (χ0n) is 16.7. The van der Waals surface area contributed by atoms with Crippen molar-refractivity contribution in [1.29, 1.82) is 0 Å². The molecule has 0 aromatic heterocycles. The summed E-state index contributed by atoms with van der Waals surface area (Å²) in [6, 6.07) is 8.26. The number of hydrogen-bond acceptors (Lipinski definition) is 7. The Bertz CT molecular complexity index is 893. The van der Waals surface area contributed by atoms with Crippen molar-refractivity contribution in [3.63, 3.8) is 0 Å². The van der Waals surface area contributed by atoms with Gasteiger partial charge >= 0.3 is 0 Å². The molecule has 0 spiro atoms. The number of hydrazine groups is 1. The Kier molecular flexibility index (Phi) is 6.68. The number of nitrogens with one attached hydrogen (secondary N) is 3. The maximum absolute atomic E-state index is 12.8. The molecule has 1 aliphatic rings. The fourth-order valence-corrected chi connectivity index (χ4v) is 3.46. The number of carbonyl (C=O) groups is 1. The number of halogens is 1. The van der Waals surface area contributed by atoms with Gasteiger partial charge in [-0.1, -0.05) is 17.7 Å². The normalized spacial score (nSPS) is 18.2. The monoisotopic (exact) mass is 421 g/mol. The van der Waals surface area contributed by atoms with E-state index in [4.69, 9.17) is 30.5 Å². The molecule has 0 saturated carbocycles. The number of hydrogen-bond donors (Lipinski definition) is 3. The lowest BCUT2D eigenvalue weighted by Crippen LogP contribution is -2.39. The number of ether oxygens (including phenoxy) is 4. The van der Waals surface area contributed by atoms with Crippen LogP contribution in [0.3, 0.4) is 0 Å². The average molecular weight is 422 g/mol. The van der Waals surface area contributed by atoms with Crippen LogP contribution in [0.15, 0.2) is 30.3 Å². The number of rotatable bonds is 7. The average Bonchev–Trinajstić information content (AvgIpc) is 3.23. The van der Waals surface area contributed by atoms with Crippen LogP contribution in [-0.2, 0) is 4.79 Å². The maximum atomic E-state index is 12.8. The van der Waals surface area contributed by atoms with Crippen LogP contribution < -0.4 is 35.1 Å². The molecule has 0 aliphatic carbocycles. The molecule has 2 aromatic rings. The lowest BCUT2D eigenvalue weighted by molar-refractivity contribution is -0.117. The van der Waals surface area contributed by atoms with Crippen LogP contribution >= 0.6 is 11.6 Å². The van der Waals surface area contributed by atoms with Crippen molar-refractivity contribution < 1.29 is 23.7 Å². The predicted molar refractivity (Wildman–Crippen MR) is 110 cm³/mol. The minimum atomic E-state index is -0.461. The summed E-state index contributed by atoms with van der Waals surface area (Å²) in [4.78, 5) is 12.8. The van der Waals surface area contributed by atoms with Crippen molar-refractivity contribution >= 4 is 23.2 Å². The van der Waals surface area contributed by atoms with Gasteiger partial charge in [-0.15, -0.1) is 0 Å². The van der Waals surface area contributed by atoms with E-state index in [1.54, 1.807) is 26.4 Å². The van der Waals surface area contributed by atoms with Gasteiger partial charge in [0.25, 0.3) is 0 Å². The van der Waals surface area contributed by atoms with Gasteiger partial charge < -0.3 is 24.3 Å². The molecule has 0 radical (unpaired) electrons. The number of benzene rings is 2. The number of methoxy groups -OCH3 is 4. The Hall–Kier alpha value is -2.68. The zero-order chi connectivity index (χ0) is 21.0. The largest absolute Gasteiger partial charge is 0.497 e. The van der Waals surface area contributed by atoms with Crippen molar-refractivity contribution in [1.82, 2.24) is 10.9 Å². The summed E-state index contributed by atoms with van der Waals surface area (Å²) in [5.74, 6) is 2.10. The molecule has 1 aliphatic heterocycles. The summed E-state index contributed by atoms with van der Waals surface area (Å²) in [6.07, 6.45) is 0.528. The van der Waals surface area contributed by atoms with Gasteiger partial charge in [0.2, 0.25) is 5.91 Å². The number of anilines is 1. The smallest absolute Gasteiger partial charge is 0.243 e. The summed E-state index contributed by atoms with van der Waals surface area (Å²) < 4.78 is 21.2. The van der Waals surface area contributed by atoms with E-state index in [0.29, 0.717) is 40.1 Å². The molecule has 0 bridgehead atoms. The van der Waals surface area contributed by atoms with Gasteiger partial charge in [0.1, 0.15) is 29.0 Å². The minimum Gasteiger partial charge on any atom is -0.497 e. The molecule has 1 heterocycles. The molecule has 29 heavy (non-hydrogen) atoms. The summed E-state index contributed by atoms with van der Waals surface area (Å²) in [7, 11) is 6.23. The van der Waals surface area contributed by atoms with E-state index in [9.17, 15) is 4.79 Å². The molecule has 1 amide bonds. The van der Waals surface area contributed by atoms with Crippen LogP contribution in [0.5, 0.6) is 23.0 Å². The molecule has 1 saturated heterocycles. The molecule has 3 rings (SSSR count). The van der Waals surface area contributed by atoms with Crippen molar-refractivity contribution in [3.05, 3.63) is 40.9 Å². The van der Waals surface area contributed by atoms with E-state index in [1.807, 2.05) is 18.2 Å². The second-order valence-corrected chi connectivity index (χ2v) is 6.82. The first-order chi connectivity index (χ1) is 14.0. The van der Waals surface area contributed by atoms with E-state index in [0.717, 1.165) is 5.56 Å². The summed E-state index contributed by atoms with van der Waals surface area (Å²) >= 11 is 6.18. The fourth-order valence-electron chi connectivity index (χ4n) is 3.22. The SMILES string of the molecule is COc1ccc(C2CC(C(=O)Nc3cc(Cl)c(OC)cc3OC)NN2)c(OC)c1. The van der Waals surface area contributed by atoms with E-state index >= 15 is 0 Å². The van der Waals surface area contributed by atoms with E-state index in [1.165, 1.54) is 14.2 Å². The van der Waals surface area contributed by atoms with Crippen LogP contribution in [0.4, 0.5) is 5.69 Å². The Labute approximate surface area is 174 Å². The van der Waals surface area contributed by atoms with Crippen molar-refractivity contribution in [3.8, 4) is 23.0 Å². The molecule has 3 N–H and O–H groups in total. The van der Waals surface area contributed by atoms with Gasteiger partial charge in [-0.25, -0.2) is 10.9 Å². The van der Waals surface area contributed by atoms with Crippen LogP contribution in [-0.4, -0.2) is 40.4 Å². The topological polar surface area (TPSA) is 90.1 Å². The third kappa shape index (κ3) is 4.50. The molecule has 1 fully saturated rings. The molecule has 2 unspecified atom stereocenters. The quantitative estimate of drug-likeness (QED) is 0.633. The van der Waals surface area contributed by atoms with Gasteiger partial charge in [0.15, 0.2) is 0 Å². The van der Waals surface area contributed by atoms with Crippen LogP contribution in [0.1, 0.15) is 18.0 Å². The zero-order valence-corrected chi connectivity index (χ0v) is 17.4. The summed E-state index contributed by atoms with van der Waals surface area (Å²) in [6.45, 7) is 0. The molecular weight excluding hydrogens is 398 g/mol. The van der Waals surface area contributed by atoms with Gasteiger partial charge in [0.05, 0.1) is 45.2 Å². The molecule has 156 valence electrons. The third-order valence-corrected chi connectivity index (χ3v) is 5.06. The fraction of sp³-hybridized carbons (Fsp3) is 0.350. The summed E-state index contributed by atoms with van der Waals surface area (Å²) in [5.41, 5.74) is 7.58. The van der Waals surface area contributed by atoms with Crippen LogP contribution in [0, 0.1) is 0 Å². The van der Waals surface area contributed by atoms with E-state index < -0.39 is 6.04 Å². The van der Waals surface area contributed by atoms with Gasteiger partial charge in [-0.2, -0.15) is 0 Å². The highest BCUT2D eigenvalue weighted by molar-refractivity contribution is 6.32. The second-order valence-electron chi connectivity index (χ2n) is 6.41. The van der Waals surface area contributed by atoms with E-state index in [-0.39, 0.29) is 11.9 Å². The summed E-state index contributed by atoms with van der Waals surface area (Å²) in [5, 5.41) is 3.23. The van der Waals surface area contributed by atoms with E-state index in [2.05, 4.69) is 16.2 Å². The van der Waals surface area contributed by atoms with Gasteiger partial charge in [-0.3, -0.25) is 4.79 Å². The minimum absolute atomic E-state index is 0.104. The van der Waals surface area contributed by atoms with Crippen molar-refractivity contribution in [2.45, 2.75) is 18.5 Å². The molecule has 8 nitrogen and oxygen atoms in total. The highest BCUT2D eigenvalue weighted by atomic mass is 35.5. The molecule has 2 atom stereocenters. The first kappa shape index (κ1) is 21.0. The highest BCUT2D eigenvalue weighted by Crippen LogP contribution is 2.37. The predicted octanol–water partition coefficient (Wildman–Crippen LogP) is 2.92. The highest BCUT2D eigenvalue weighted by Gasteiger charge is 2.32. The Morgan fingerprint density at radius 3 is 2.34 bits per heavy atom. The first-order valence-electron chi connectivity index (χ1n) is 8.96. The Balaban J connectivity index is 1.73. The molecule has 9 heteroatoms. The second kappa shape index (κ2) is 9.21. The third-order valence-electron chi connectivity index (χ3n) is 4.77. The lowest BCUT2D eigenvalue weighted by Gasteiger charge is -2.16. The first-order valence-corrected chi connectivity index (χ1v) is 9.33. The number of carbonyl (C=O) groups excluding carboxylic acids is 1. The lowest BCUT2D eigenvalue weighted by atomic mass is 10.0. The van der Waals surface area contributed by atoms with Gasteiger partial charge in [-0.05, 0) is 18.6 Å². The standard InChI is InChI=1S/C20H24ClN3O5/c1-26-11-5-6-12(17(7-11)27-2)14-9-16(24-23-14)20(25)22-15-8-13(21)18(28-3)10-19(15)29-4/h5-8,10,14,16,23-24H,9H2,1-4H3,(H,22,25). The molecule has 2 aromatic carbocycles.